The first-order valence-corrected chi connectivity index (χ1v) is 5.24. The lowest BCUT2D eigenvalue weighted by Gasteiger charge is -2.31. The van der Waals surface area contributed by atoms with E-state index in [1.54, 1.807) is 0 Å². The molecule has 0 radical (unpaired) electrons. The molecule has 0 amide bonds. The van der Waals surface area contributed by atoms with Gasteiger partial charge in [-0.15, -0.1) is 0 Å². The van der Waals surface area contributed by atoms with E-state index in [1.165, 1.54) is 5.56 Å². The van der Waals surface area contributed by atoms with Gasteiger partial charge in [0.05, 0.1) is 0 Å². The van der Waals surface area contributed by atoms with Crippen LogP contribution in [0.25, 0.3) is 0 Å². The Morgan fingerprint density at radius 2 is 1.79 bits per heavy atom. The molecular formula is C13H20O. The Labute approximate surface area is 86.8 Å². The Morgan fingerprint density at radius 3 is 2.29 bits per heavy atom. The molecule has 1 aromatic carbocycles. The summed E-state index contributed by atoms with van der Waals surface area (Å²) in [4.78, 5) is 0. The van der Waals surface area contributed by atoms with Crippen molar-refractivity contribution < 1.29 is 5.11 Å². The highest BCUT2D eigenvalue weighted by molar-refractivity contribution is 5.20. The van der Waals surface area contributed by atoms with E-state index in [2.05, 4.69) is 45.0 Å². The van der Waals surface area contributed by atoms with Crippen molar-refractivity contribution in [3.8, 4) is 0 Å². The lowest BCUT2D eigenvalue weighted by Crippen LogP contribution is -2.21. The quantitative estimate of drug-likeness (QED) is 0.776. The minimum Gasteiger partial charge on any atom is -0.396 e. The van der Waals surface area contributed by atoms with Crippen LogP contribution >= 0.6 is 0 Å². The van der Waals surface area contributed by atoms with Crippen molar-refractivity contribution >= 4 is 0 Å². The molecular weight excluding hydrogens is 172 g/mol. The van der Waals surface area contributed by atoms with Gasteiger partial charge < -0.3 is 5.11 Å². The van der Waals surface area contributed by atoms with Crippen molar-refractivity contribution in [1.29, 1.82) is 0 Å². The molecule has 0 fully saturated rings. The highest BCUT2D eigenvalue weighted by Crippen LogP contribution is 2.37. The average Bonchev–Trinajstić information content (AvgIpc) is 2.18. The van der Waals surface area contributed by atoms with Crippen LogP contribution in [0, 0.1) is 5.41 Å². The third-order valence-electron chi connectivity index (χ3n) is 3.23. The van der Waals surface area contributed by atoms with Crippen LogP contribution < -0.4 is 0 Å². The van der Waals surface area contributed by atoms with Crippen LogP contribution in [0.1, 0.15) is 38.7 Å². The second-order valence-corrected chi connectivity index (χ2v) is 4.59. The van der Waals surface area contributed by atoms with E-state index in [4.69, 9.17) is 5.11 Å². The van der Waals surface area contributed by atoms with Crippen molar-refractivity contribution in [3.05, 3.63) is 35.9 Å². The molecule has 0 aliphatic heterocycles. The molecule has 0 aliphatic rings. The first-order chi connectivity index (χ1) is 6.58. The molecule has 0 saturated carbocycles. The third kappa shape index (κ3) is 2.58. The number of rotatable bonds is 4. The summed E-state index contributed by atoms with van der Waals surface area (Å²) < 4.78 is 0. The fraction of sp³-hybridized carbons (Fsp3) is 0.538. The van der Waals surface area contributed by atoms with Gasteiger partial charge in [0.1, 0.15) is 0 Å². The average molecular weight is 192 g/mol. The van der Waals surface area contributed by atoms with Gasteiger partial charge in [-0.05, 0) is 23.3 Å². The Bertz CT molecular complexity index is 264. The smallest absolute Gasteiger partial charge is 0.0436 e. The van der Waals surface area contributed by atoms with Gasteiger partial charge in [-0.3, -0.25) is 0 Å². The number of hydrogen-bond acceptors (Lipinski definition) is 1. The molecule has 1 rings (SSSR count). The maximum Gasteiger partial charge on any atom is 0.0436 e. The molecule has 1 aromatic rings. The van der Waals surface area contributed by atoms with Crippen molar-refractivity contribution in [2.24, 2.45) is 5.41 Å². The molecule has 1 unspecified atom stereocenters. The summed E-state index contributed by atoms with van der Waals surface area (Å²) >= 11 is 0. The topological polar surface area (TPSA) is 20.2 Å². The number of benzene rings is 1. The first kappa shape index (κ1) is 11.3. The van der Waals surface area contributed by atoms with E-state index in [-0.39, 0.29) is 12.0 Å². The van der Waals surface area contributed by atoms with E-state index >= 15 is 0 Å². The summed E-state index contributed by atoms with van der Waals surface area (Å²) in [6.07, 6.45) is 0.850. The van der Waals surface area contributed by atoms with Crippen LogP contribution in [-0.4, -0.2) is 11.7 Å². The summed E-state index contributed by atoms with van der Waals surface area (Å²) in [7, 11) is 0. The predicted molar refractivity (Wildman–Crippen MR) is 60.3 cm³/mol. The minimum atomic E-state index is 0.163. The molecule has 0 saturated heterocycles. The van der Waals surface area contributed by atoms with E-state index in [9.17, 15) is 0 Å². The van der Waals surface area contributed by atoms with Crippen LogP contribution in [0.2, 0.25) is 0 Å². The van der Waals surface area contributed by atoms with E-state index < -0.39 is 0 Å². The molecule has 0 spiro atoms. The van der Waals surface area contributed by atoms with Gasteiger partial charge in [-0.2, -0.15) is 0 Å². The van der Waals surface area contributed by atoms with Gasteiger partial charge >= 0.3 is 0 Å². The molecule has 0 heterocycles. The fourth-order valence-corrected chi connectivity index (χ4v) is 1.70. The lowest BCUT2D eigenvalue weighted by atomic mass is 9.74. The Morgan fingerprint density at radius 1 is 1.21 bits per heavy atom. The van der Waals surface area contributed by atoms with Gasteiger partial charge in [-0.25, -0.2) is 0 Å². The molecule has 0 bridgehead atoms. The van der Waals surface area contributed by atoms with Gasteiger partial charge in [0.25, 0.3) is 0 Å². The zero-order chi connectivity index (χ0) is 10.6. The van der Waals surface area contributed by atoms with Crippen LogP contribution in [0.5, 0.6) is 0 Å². The molecule has 0 aliphatic carbocycles. The van der Waals surface area contributed by atoms with E-state index in [0.717, 1.165) is 6.42 Å². The summed E-state index contributed by atoms with van der Waals surface area (Å²) in [5.41, 5.74) is 1.52. The van der Waals surface area contributed by atoms with Crippen LogP contribution in [0.15, 0.2) is 30.3 Å². The number of hydrogen-bond donors (Lipinski definition) is 1. The second-order valence-electron chi connectivity index (χ2n) is 4.59. The van der Waals surface area contributed by atoms with E-state index in [1.807, 2.05) is 6.07 Å². The summed E-state index contributed by atoms with van der Waals surface area (Å²) in [6.45, 7) is 6.91. The molecule has 1 N–H and O–H groups in total. The standard InChI is InChI=1S/C13H20O/c1-11(13(2,3)9-10-14)12-7-5-4-6-8-12/h4-8,11,14H,9-10H2,1-3H3. The zero-order valence-electron chi connectivity index (χ0n) is 9.33. The third-order valence-corrected chi connectivity index (χ3v) is 3.23. The molecule has 0 aromatic heterocycles. The summed E-state index contributed by atoms with van der Waals surface area (Å²) in [5, 5.41) is 9.00. The Hall–Kier alpha value is -0.820. The Balaban J connectivity index is 2.79. The largest absolute Gasteiger partial charge is 0.396 e. The normalized spacial score (nSPS) is 14.0. The van der Waals surface area contributed by atoms with Crippen LogP contribution in [-0.2, 0) is 0 Å². The molecule has 78 valence electrons. The van der Waals surface area contributed by atoms with Crippen LogP contribution in [0.4, 0.5) is 0 Å². The highest BCUT2D eigenvalue weighted by atomic mass is 16.3. The fourth-order valence-electron chi connectivity index (χ4n) is 1.70. The predicted octanol–water partition coefficient (Wildman–Crippen LogP) is 3.20. The zero-order valence-corrected chi connectivity index (χ0v) is 9.33. The first-order valence-electron chi connectivity index (χ1n) is 5.24. The van der Waals surface area contributed by atoms with Gasteiger partial charge in [0.15, 0.2) is 0 Å². The molecule has 1 heteroatoms. The molecule has 1 nitrogen and oxygen atoms in total. The van der Waals surface area contributed by atoms with Gasteiger partial charge in [0.2, 0.25) is 0 Å². The SMILES string of the molecule is CC(c1ccccc1)C(C)(C)CCO. The maximum absolute atomic E-state index is 9.00. The van der Waals surface area contributed by atoms with Crippen molar-refractivity contribution in [2.45, 2.75) is 33.1 Å². The van der Waals surface area contributed by atoms with Crippen LogP contribution in [0.3, 0.4) is 0 Å². The summed E-state index contributed by atoms with van der Waals surface area (Å²) in [5.74, 6) is 0.482. The number of aliphatic hydroxyl groups excluding tert-OH is 1. The molecule has 1 atom stereocenters. The van der Waals surface area contributed by atoms with Gasteiger partial charge in [0, 0.05) is 6.61 Å². The maximum atomic E-state index is 9.00. The number of aliphatic hydroxyl groups is 1. The van der Waals surface area contributed by atoms with Crippen molar-refractivity contribution in [1.82, 2.24) is 0 Å². The van der Waals surface area contributed by atoms with Gasteiger partial charge in [-0.1, -0.05) is 51.1 Å². The van der Waals surface area contributed by atoms with E-state index in [0.29, 0.717) is 5.92 Å². The van der Waals surface area contributed by atoms with Crippen molar-refractivity contribution in [3.63, 3.8) is 0 Å². The molecule has 14 heavy (non-hydrogen) atoms. The minimum absolute atomic E-state index is 0.163. The second kappa shape index (κ2) is 4.61. The highest BCUT2D eigenvalue weighted by Gasteiger charge is 2.26. The Kier molecular flexibility index (Phi) is 3.70. The summed E-state index contributed by atoms with van der Waals surface area (Å²) in [6, 6.07) is 10.5. The lowest BCUT2D eigenvalue weighted by molar-refractivity contribution is 0.188. The monoisotopic (exact) mass is 192 g/mol. The van der Waals surface area contributed by atoms with Crippen molar-refractivity contribution in [2.75, 3.05) is 6.61 Å².